The fourth-order valence-corrected chi connectivity index (χ4v) is 25.2. The van der Waals surface area contributed by atoms with E-state index < -0.39 is 10.8 Å². The molecule has 0 saturated carbocycles. The van der Waals surface area contributed by atoms with E-state index in [1.54, 1.807) is 9.80 Å². The van der Waals surface area contributed by atoms with Crippen molar-refractivity contribution in [2.24, 2.45) is 0 Å². The number of rotatable bonds is 51. The second-order valence-corrected chi connectivity index (χ2v) is 40.5. The van der Waals surface area contributed by atoms with Gasteiger partial charge in [-0.1, -0.05) is 392 Å². The Morgan fingerprint density at radius 2 is 0.602 bits per heavy atom. The highest BCUT2D eigenvalue weighted by Gasteiger charge is 2.51. The molecule has 3 aromatic heterocycles. The van der Waals surface area contributed by atoms with Crippen molar-refractivity contribution in [3.05, 3.63) is 220 Å². The maximum atomic E-state index is 14.4. The molecular formula is C107H137N3O2S6. The SMILES string of the molecule is CCCCCCCCc1ccc(C2(c3ccc(CCCCCCCC)cc3)c3cc4c5cc6c(cc5n(C(CCCCCCCC)CCCCCCCC)c4cc3-c3sc(/C=C4\SC(=S)N(CC)C4=O)cc32)-c2sc(/C=C3\SC(=S)N(CC)C3=O)cc2C6(c2ccc(CCCCCCCC)cc2)c2ccc(CCCCCCCC)cc2)cc1. The Morgan fingerprint density at radius 1 is 0.331 bits per heavy atom. The van der Waals surface area contributed by atoms with Crippen LogP contribution in [0.3, 0.4) is 0 Å². The van der Waals surface area contributed by atoms with Gasteiger partial charge in [0.25, 0.3) is 11.8 Å². The minimum Gasteiger partial charge on any atom is -0.337 e. The first-order chi connectivity index (χ1) is 57.9. The predicted octanol–water partition coefficient (Wildman–Crippen LogP) is 32.7. The van der Waals surface area contributed by atoms with Gasteiger partial charge in [0, 0.05) is 49.4 Å². The number of nitrogens with zero attached hydrogens (tertiary/aromatic N) is 3. The molecule has 2 fully saturated rings. The molecule has 6 aromatic carbocycles. The van der Waals surface area contributed by atoms with Crippen molar-refractivity contribution in [3.63, 3.8) is 0 Å². The summed E-state index contributed by atoms with van der Waals surface area (Å²) in [5.41, 5.74) is 19.8. The number of amides is 2. The lowest BCUT2D eigenvalue weighted by atomic mass is 9.67. The minimum atomic E-state index is -0.715. The van der Waals surface area contributed by atoms with Crippen LogP contribution in [-0.4, -0.2) is 47.9 Å². The molecule has 2 aliphatic carbocycles. The maximum Gasteiger partial charge on any atom is 0.266 e. The highest BCUT2D eigenvalue weighted by atomic mass is 32.2. The summed E-state index contributed by atoms with van der Waals surface area (Å²) in [5, 5.41) is 2.64. The van der Waals surface area contributed by atoms with Crippen molar-refractivity contribution in [2.75, 3.05) is 13.1 Å². The number of carbonyl (C=O) groups excluding carboxylic acids is 2. The number of hydrogen-bond donors (Lipinski definition) is 0. The van der Waals surface area contributed by atoms with Crippen LogP contribution in [0, 0.1) is 0 Å². The predicted molar refractivity (Wildman–Crippen MR) is 524 cm³/mol. The molecular weight excluding hydrogens is 1550 g/mol. The maximum absolute atomic E-state index is 14.4. The molecule has 2 aliphatic heterocycles. The summed E-state index contributed by atoms with van der Waals surface area (Å²) in [5.74, 6) is 0.00622. The molecule has 5 heterocycles. The monoisotopic (exact) mass is 1690 g/mol. The number of likely N-dealkylation sites (N-methyl/N-ethyl adjacent to an activating group) is 2. The number of unbranched alkanes of at least 4 members (excludes halogenated alkanes) is 30. The molecule has 0 unspecified atom stereocenters. The zero-order valence-corrected chi connectivity index (χ0v) is 78.1. The molecule has 2 saturated heterocycles. The van der Waals surface area contributed by atoms with Crippen molar-refractivity contribution in [3.8, 4) is 20.9 Å². The smallest absolute Gasteiger partial charge is 0.266 e. The van der Waals surface area contributed by atoms with Crippen LogP contribution >= 0.6 is 70.6 Å². The number of thiophene rings is 2. The van der Waals surface area contributed by atoms with Crippen LogP contribution in [0.15, 0.2) is 143 Å². The number of carbonyl (C=O) groups is 2. The number of hydrogen-bond acceptors (Lipinski definition) is 8. The molecule has 9 aromatic rings. The Hall–Kier alpha value is -6.18. The fraction of sp³-hybridized carbons (Fsp3) is 0.514. The van der Waals surface area contributed by atoms with Gasteiger partial charge in [-0.05, 0) is 204 Å². The van der Waals surface area contributed by atoms with Crippen LogP contribution in [0.5, 0.6) is 0 Å². The third-order valence-corrected chi connectivity index (χ3v) is 31.6. The molecule has 628 valence electrons. The molecule has 0 radical (unpaired) electrons. The fourth-order valence-electron chi connectivity index (χ4n) is 20.0. The first kappa shape index (κ1) is 89.6. The number of benzene rings is 6. The molecule has 2 amide bonds. The zero-order chi connectivity index (χ0) is 82.4. The molecule has 0 spiro atoms. The Balaban J connectivity index is 1.09. The number of aromatic nitrogens is 1. The van der Waals surface area contributed by atoms with Gasteiger partial charge in [0.2, 0.25) is 0 Å². The van der Waals surface area contributed by atoms with E-state index in [-0.39, 0.29) is 17.9 Å². The number of thiocarbonyl (C=S) groups is 2. The molecule has 0 atom stereocenters. The van der Waals surface area contributed by atoms with Gasteiger partial charge in [-0.3, -0.25) is 19.4 Å². The third kappa shape index (κ3) is 20.2. The molecule has 5 nitrogen and oxygen atoms in total. The lowest BCUT2D eigenvalue weighted by Crippen LogP contribution is -2.28. The largest absolute Gasteiger partial charge is 0.337 e. The average molecular weight is 1690 g/mol. The van der Waals surface area contributed by atoms with Crippen LogP contribution in [-0.2, 0) is 46.1 Å². The van der Waals surface area contributed by atoms with E-state index in [2.05, 4.69) is 192 Å². The second-order valence-electron chi connectivity index (χ2n) is 35.0. The first-order valence-corrected chi connectivity index (χ1v) is 51.3. The molecule has 13 rings (SSSR count). The van der Waals surface area contributed by atoms with Gasteiger partial charge < -0.3 is 4.57 Å². The van der Waals surface area contributed by atoms with E-state index in [1.807, 2.05) is 36.5 Å². The van der Waals surface area contributed by atoms with E-state index in [0.29, 0.717) is 31.5 Å². The summed E-state index contributed by atoms with van der Waals surface area (Å²) in [7, 11) is 0. The van der Waals surface area contributed by atoms with Crippen LogP contribution in [0.25, 0.3) is 54.8 Å². The van der Waals surface area contributed by atoms with Crippen molar-refractivity contribution < 1.29 is 9.59 Å². The average Bonchev–Trinajstić information content (AvgIpc) is 1.51. The molecule has 118 heavy (non-hydrogen) atoms. The van der Waals surface area contributed by atoms with Gasteiger partial charge in [0.1, 0.15) is 8.64 Å². The number of thioether (sulfide) groups is 2. The lowest BCUT2D eigenvalue weighted by Gasteiger charge is -2.34. The molecule has 0 bridgehead atoms. The summed E-state index contributed by atoms with van der Waals surface area (Å²) in [6, 6.07) is 56.0. The highest BCUT2D eigenvalue weighted by molar-refractivity contribution is 8.27. The normalized spacial score (nSPS) is 15.5. The van der Waals surface area contributed by atoms with Crippen LogP contribution in [0.1, 0.15) is 382 Å². The summed E-state index contributed by atoms with van der Waals surface area (Å²) in [4.78, 5) is 38.5. The van der Waals surface area contributed by atoms with Crippen LogP contribution in [0.4, 0.5) is 0 Å². The quantitative estimate of drug-likeness (QED) is 0.0215. The number of aryl methyl sites for hydroxylation is 4. The van der Waals surface area contributed by atoms with E-state index in [0.717, 1.165) is 48.3 Å². The van der Waals surface area contributed by atoms with Crippen molar-refractivity contribution in [1.29, 1.82) is 0 Å². The topological polar surface area (TPSA) is 45.6 Å². The van der Waals surface area contributed by atoms with Gasteiger partial charge in [-0.25, -0.2) is 0 Å². The van der Waals surface area contributed by atoms with Gasteiger partial charge in [0.05, 0.1) is 31.7 Å². The second kappa shape index (κ2) is 44.2. The molecule has 4 aliphatic rings. The molecule has 11 heteroatoms. The van der Waals surface area contributed by atoms with Crippen molar-refractivity contribution in [2.45, 2.75) is 342 Å². The van der Waals surface area contributed by atoms with Gasteiger partial charge in [-0.15, -0.1) is 22.7 Å². The Morgan fingerprint density at radius 3 is 0.873 bits per heavy atom. The Labute approximate surface area is 738 Å². The van der Waals surface area contributed by atoms with E-state index >= 15 is 0 Å². The van der Waals surface area contributed by atoms with Gasteiger partial charge in [0.15, 0.2) is 0 Å². The summed E-state index contributed by atoms with van der Waals surface area (Å²) in [6.45, 7) is 19.1. The summed E-state index contributed by atoms with van der Waals surface area (Å²) < 4.78 is 4.18. The van der Waals surface area contributed by atoms with E-state index in [4.69, 9.17) is 24.4 Å². The highest BCUT2D eigenvalue weighted by Crippen LogP contribution is 2.64. The van der Waals surface area contributed by atoms with Crippen LogP contribution in [0.2, 0.25) is 0 Å². The van der Waals surface area contributed by atoms with Gasteiger partial charge in [-0.2, -0.15) is 0 Å². The zero-order valence-electron chi connectivity index (χ0n) is 73.2. The Bertz CT molecular complexity index is 4450. The minimum absolute atomic E-state index is 0.00311. The summed E-state index contributed by atoms with van der Waals surface area (Å²) >= 11 is 18.5. The summed E-state index contributed by atoms with van der Waals surface area (Å²) in [6.07, 6.45) is 56.4. The van der Waals surface area contributed by atoms with Crippen LogP contribution < -0.4 is 0 Å². The van der Waals surface area contributed by atoms with E-state index in [9.17, 15) is 9.59 Å². The Kier molecular flexibility index (Phi) is 33.6. The number of fused-ring (bicyclic) bond motifs is 9. The van der Waals surface area contributed by atoms with Gasteiger partial charge >= 0.3 is 0 Å². The third-order valence-electron chi connectivity index (χ3n) is 26.6. The van der Waals surface area contributed by atoms with Crippen molar-refractivity contribution >= 4 is 125 Å². The standard InChI is InChI=1S/C107H137N3O2S6/c1-9-17-23-29-35-41-47-77-53-61-81(62-54-77)106(82-63-55-78(56-64-82)48-42-36-30-24-18-10-2)92-73-88-89-74-93-91(76-97(89)110(85(51-45-39-33-27-21-13-5)52-46-40-34-28-22-14-6)96(88)75-90(92)100-94(106)69-86(115-100)71-98-102(111)108(15-7)104(113)117-98)101-95(70-87(116-101)72-99-103(112)109(16-8)105(114)118-99)107(93,83-65-57-79(58-66-83)49-43-37-31-25-19-11-3)84-67-59-80(60-68-84)50-44-38-32-26-20-12-4/h53-76,85H,9-52H2,1-8H3/b98-71-,99-72-. The molecule has 0 N–H and O–H groups in total. The van der Waals surface area contributed by atoms with Crippen molar-refractivity contribution in [1.82, 2.24) is 14.4 Å². The first-order valence-electron chi connectivity index (χ1n) is 47.2. The van der Waals surface area contributed by atoms with E-state index in [1.165, 1.54) is 364 Å². The lowest BCUT2D eigenvalue weighted by molar-refractivity contribution is -0.122.